The fourth-order valence-corrected chi connectivity index (χ4v) is 6.06. The fourth-order valence-electron chi connectivity index (χ4n) is 3.33. The van der Waals surface area contributed by atoms with E-state index in [1.807, 2.05) is 6.92 Å². The SMILES string of the molecule is CC[C@H](C)[C@@H](O[Si](C)(C)C(C)(C)C)[C@H](C)[C@@H](O[Si](C)(C)C)[C@H](C)/C=C(\C)C=O. The summed E-state index contributed by atoms with van der Waals surface area (Å²) in [5, 5.41) is 0.174. The molecule has 0 amide bonds. The van der Waals surface area contributed by atoms with Crippen LogP contribution in [0.1, 0.15) is 61.8 Å². The Hall–Kier alpha value is -0.236. The maximum atomic E-state index is 11.2. The summed E-state index contributed by atoms with van der Waals surface area (Å²) < 4.78 is 13.7. The molecule has 0 radical (unpaired) electrons. The summed E-state index contributed by atoms with van der Waals surface area (Å²) in [6.45, 7) is 29.2. The lowest BCUT2D eigenvalue weighted by Crippen LogP contribution is -2.51. The van der Waals surface area contributed by atoms with Crippen LogP contribution < -0.4 is 0 Å². The summed E-state index contributed by atoms with van der Waals surface area (Å²) in [4.78, 5) is 11.2. The molecule has 5 heteroatoms. The molecular weight excluding hydrogens is 380 g/mol. The van der Waals surface area contributed by atoms with Crippen molar-refractivity contribution >= 4 is 22.9 Å². The van der Waals surface area contributed by atoms with Gasteiger partial charge in [-0.3, -0.25) is 4.79 Å². The molecule has 3 nitrogen and oxygen atoms in total. The molecule has 0 aromatic rings. The number of carbonyl (C=O) groups excluding carboxylic acids is 1. The van der Waals surface area contributed by atoms with Crippen LogP contribution in [-0.4, -0.2) is 35.1 Å². The molecule has 0 fully saturated rings. The summed E-state index contributed by atoms with van der Waals surface area (Å²) in [5.74, 6) is 0.878. The highest BCUT2D eigenvalue weighted by Crippen LogP contribution is 2.41. The third kappa shape index (κ3) is 8.64. The summed E-state index contributed by atoms with van der Waals surface area (Å²) in [6.07, 6.45) is 4.28. The number of rotatable bonds is 11. The number of aldehydes is 1. The normalized spacial score (nSPS) is 19.7. The average Bonchev–Trinajstić information content (AvgIpc) is 2.54. The Morgan fingerprint density at radius 3 is 1.82 bits per heavy atom. The van der Waals surface area contributed by atoms with Crippen LogP contribution in [0.2, 0.25) is 37.8 Å². The first-order valence-electron chi connectivity index (χ1n) is 11.0. The lowest BCUT2D eigenvalue weighted by molar-refractivity contribution is -0.104. The molecule has 0 spiro atoms. The van der Waals surface area contributed by atoms with E-state index in [0.717, 1.165) is 18.3 Å². The van der Waals surface area contributed by atoms with Gasteiger partial charge in [-0.25, -0.2) is 0 Å². The molecule has 0 aliphatic rings. The third-order valence-corrected chi connectivity index (χ3v) is 11.7. The Balaban J connectivity index is 5.99. The van der Waals surface area contributed by atoms with E-state index in [1.54, 1.807) is 0 Å². The predicted octanol–water partition coefficient (Wildman–Crippen LogP) is 7.06. The molecule has 0 saturated heterocycles. The van der Waals surface area contributed by atoms with Gasteiger partial charge in [0.15, 0.2) is 16.6 Å². The van der Waals surface area contributed by atoms with Gasteiger partial charge in [0.05, 0.1) is 12.2 Å². The largest absolute Gasteiger partial charge is 0.414 e. The molecule has 0 heterocycles. The molecule has 0 aliphatic carbocycles. The van der Waals surface area contributed by atoms with E-state index in [1.165, 1.54) is 0 Å². The van der Waals surface area contributed by atoms with Crippen molar-refractivity contribution in [2.45, 2.75) is 112 Å². The van der Waals surface area contributed by atoms with E-state index in [4.69, 9.17) is 8.85 Å². The van der Waals surface area contributed by atoms with Gasteiger partial charge in [-0.15, -0.1) is 0 Å². The van der Waals surface area contributed by atoms with Gasteiger partial charge in [-0.2, -0.15) is 0 Å². The van der Waals surface area contributed by atoms with Gasteiger partial charge >= 0.3 is 0 Å². The van der Waals surface area contributed by atoms with E-state index in [-0.39, 0.29) is 29.1 Å². The molecule has 0 rings (SSSR count). The Bertz CT molecular complexity index is 515. The summed E-state index contributed by atoms with van der Waals surface area (Å²) in [5.41, 5.74) is 0.772. The smallest absolute Gasteiger partial charge is 0.192 e. The number of hydrogen-bond acceptors (Lipinski definition) is 3. The van der Waals surface area contributed by atoms with Crippen LogP contribution in [0.15, 0.2) is 11.6 Å². The van der Waals surface area contributed by atoms with Gasteiger partial charge in [0.1, 0.15) is 6.29 Å². The van der Waals surface area contributed by atoms with Crippen LogP contribution in [0.3, 0.4) is 0 Å². The summed E-state index contributed by atoms with van der Waals surface area (Å²) in [6, 6.07) is 0. The molecule has 0 saturated carbocycles. The molecule has 0 aromatic heterocycles. The van der Waals surface area contributed by atoms with Crippen molar-refractivity contribution in [3.8, 4) is 0 Å². The van der Waals surface area contributed by atoms with Crippen molar-refractivity contribution in [1.29, 1.82) is 0 Å². The van der Waals surface area contributed by atoms with E-state index in [2.05, 4.69) is 87.3 Å². The van der Waals surface area contributed by atoms with E-state index >= 15 is 0 Å². The predicted molar refractivity (Wildman–Crippen MR) is 128 cm³/mol. The minimum Gasteiger partial charge on any atom is -0.414 e. The first-order valence-corrected chi connectivity index (χ1v) is 17.3. The standard InChI is InChI=1S/C23H48O3Si2/c1-14-18(3)21(26-28(12,13)23(6,7)8)20(5)22(25-27(9,10)11)19(4)15-17(2)16-24/h15-16,18-22H,14H2,1-13H3/b17-15+/t18-,19+,20-,21+,22-/m0/s1. The maximum absolute atomic E-state index is 11.2. The van der Waals surface area contributed by atoms with Gasteiger partial charge in [0.25, 0.3) is 0 Å². The van der Waals surface area contributed by atoms with Crippen LogP contribution in [0.4, 0.5) is 0 Å². The van der Waals surface area contributed by atoms with Crippen LogP contribution in [0, 0.1) is 17.8 Å². The lowest BCUT2D eigenvalue weighted by Gasteiger charge is -2.46. The Kier molecular flexibility index (Phi) is 10.6. The Morgan fingerprint density at radius 2 is 1.46 bits per heavy atom. The topological polar surface area (TPSA) is 35.5 Å². The highest BCUT2D eigenvalue weighted by molar-refractivity contribution is 6.74. The minimum absolute atomic E-state index is 0.0466. The summed E-state index contributed by atoms with van der Waals surface area (Å²) in [7, 11) is -3.66. The zero-order chi connectivity index (χ0) is 22.5. The van der Waals surface area contributed by atoms with Crippen LogP contribution in [0.25, 0.3) is 0 Å². The van der Waals surface area contributed by atoms with Crippen LogP contribution in [-0.2, 0) is 13.6 Å². The number of carbonyl (C=O) groups is 1. The van der Waals surface area contributed by atoms with Gasteiger partial charge in [-0.05, 0) is 62.1 Å². The Morgan fingerprint density at radius 1 is 0.964 bits per heavy atom. The zero-order valence-electron chi connectivity index (χ0n) is 21.0. The highest BCUT2D eigenvalue weighted by atomic mass is 28.4. The molecule has 166 valence electrons. The van der Waals surface area contributed by atoms with Gasteiger partial charge in [0, 0.05) is 5.92 Å². The van der Waals surface area contributed by atoms with Crippen LogP contribution >= 0.6 is 0 Å². The van der Waals surface area contributed by atoms with E-state index in [9.17, 15) is 4.79 Å². The van der Waals surface area contributed by atoms with Crippen molar-refractivity contribution in [3.63, 3.8) is 0 Å². The monoisotopic (exact) mass is 428 g/mol. The second kappa shape index (κ2) is 10.7. The van der Waals surface area contributed by atoms with Gasteiger partial charge in [0.2, 0.25) is 0 Å². The first-order chi connectivity index (χ1) is 12.5. The molecule has 0 aliphatic heterocycles. The van der Waals surface area contributed by atoms with Gasteiger partial charge in [-0.1, -0.05) is 61.0 Å². The molecule has 0 bridgehead atoms. The lowest BCUT2D eigenvalue weighted by atomic mass is 9.83. The minimum atomic E-state index is -1.90. The first kappa shape index (κ1) is 27.8. The van der Waals surface area contributed by atoms with Gasteiger partial charge < -0.3 is 8.85 Å². The van der Waals surface area contributed by atoms with E-state index < -0.39 is 16.6 Å². The second-order valence-electron chi connectivity index (χ2n) is 11.2. The quantitative estimate of drug-likeness (QED) is 0.201. The second-order valence-corrected chi connectivity index (χ2v) is 20.4. The zero-order valence-corrected chi connectivity index (χ0v) is 23.0. The number of hydrogen-bond donors (Lipinski definition) is 0. The molecule has 0 N–H and O–H groups in total. The average molecular weight is 429 g/mol. The number of allylic oxidation sites excluding steroid dienone is 1. The maximum Gasteiger partial charge on any atom is 0.192 e. The molecular formula is C23H48O3Si2. The van der Waals surface area contributed by atoms with E-state index in [0.29, 0.717) is 5.92 Å². The fraction of sp³-hybridized carbons (Fsp3) is 0.870. The molecule has 5 atom stereocenters. The van der Waals surface area contributed by atoms with Crippen molar-refractivity contribution in [3.05, 3.63) is 11.6 Å². The van der Waals surface area contributed by atoms with Crippen LogP contribution in [0.5, 0.6) is 0 Å². The third-order valence-electron chi connectivity index (χ3n) is 6.20. The van der Waals surface area contributed by atoms with Crippen molar-refractivity contribution in [2.24, 2.45) is 17.8 Å². The highest BCUT2D eigenvalue weighted by Gasteiger charge is 2.43. The van der Waals surface area contributed by atoms with Crippen molar-refractivity contribution in [2.75, 3.05) is 0 Å². The Labute approximate surface area is 177 Å². The molecule has 28 heavy (non-hydrogen) atoms. The molecule has 0 unspecified atom stereocenters. The molecule has 0 aromatic carbocycles. The summed E-state index contributed by atoms with van der Waals surface area (Å²) >= 11 is 0. The van der Waals surface area contributed by atoms with Crippen molar-refractivity contribution in [1.82, 2.24) is 0 Å². The van der Waals surface area contributed by atoms with Crippen molar-refractivity contribution < 1.29 is 13.6 Å².